The van der Waals surface area contributed by atoms with E-state index in [9.17, 15) is 12.9 Å². The molecular formula is C15H26FNO3S. The summed E-state index contributed by atoms with van der Waals surface area (Å²) in [5.41, 5.74) is 0. The van der Waals surface area contributed by atoms with Gasteiger partial charge in [-0.25, -0.2) is 0 Å². The molecule has 0 unspecified atom stereocenters. The molecule has 0 bridgehead atoms. The van der Waals surface area contributed by atoms with Gasteiger partial charge in [-0.15, -0.1) is 0 Å². The van der Waals surface area contributed by atoms with Crippen LogP contribution in [-0.2, 0) is 14.5 Å². The van der Waals surface area contributed by atoms with Gasteiger partial charge in [0, 0.05) is 12.4 Å². The van der Waals surface area contributed by atoms with Gasteiger partial charge in [-0.05, 0) is 23.1 Å². The average Bonchev–Trinajstić information content (AvgIpc) is 2.52. The van der Waals surface area contributed by atoms with Gasteiger partial charge in [0.15, 0.2) is 0 Å². The van der Waals surface area contributed by atoms with Gasteiger partial charge in [-0.2, -0.15) is 8.42 Å². The van der Waals surface area contributed by atoms with Crippen LogP contribution in [-0.4, -0.2) is 19.2 Å². The number of nitrogens with zero attached hydrogens (tertiary/aromatic N) is 1. The quantitative estimate of drug-likeness (QED) is 0.598. The van der Waals surface area contributed by atoms with Crippen LogP contribution in [0.2, 0.25) is 0 Å². The van der Waals surface area contributed by atoms with Crippen molar-refractivity contribution in [3.8, 4) is 0 Å². The number of halogens is 1. The van der Waals surface area contributed by atoms with E-state index in [-0.39, 0.29) is 5.75 Å². The molecule has 0 aliphatic carbocycles. The molecule has 1 aromatic heterocycles. The molecule has 1 rings (SSSR count). The highest BCUT2D eigenvalue weighted by Crippen LogP contribution is 2.09. The monoisotopic (exact) mass is 319 g/mol. The van der Waals surface area contributed by atoms with E-state index < -0.39 is 10.1 Å². The van der Waals surface area contributed by atoms with Gasteiger partial charge in [-0.1, -0.05) is 62.3 Å². The van der Waals surface area contributed by atoms with Crippen LogP contribution in [0.25, 0.3) is 0 Å². The molecule has 0 fully saturated rings. The van der Waals surface area contributed by atoms with Crippen LogP contribution < -0.4 is 0 Å². The Morgan fingerprint density at radius 1 is 0.905 bits per heavy atom. The van der Waals surface area contributed by atoms with Crippen molar-refractivity contribution in [2.75, 3.05) is 5.75 Å². The topological polar surface area (TPSA) is 56.3 Å². The van der Waals surface area contributed by atoms with Crippen LogP contribution >= 0.6 is 0 Å². The van der Waals surface area contributed by atoms with Crippen molar-refractivity contribution in [2.45, 2.75) is 58.3 Å². The van der Waals surface area contributed by atoms with Gasteiger partial charge in [0.2, 0.25) is 0 Å². The lowest BCUT2D eigenvalue weighted by Crippen LogP contribution is -2.05. The van der Waals surface area contributed by atoms with E-state index in [0.29, 0.717) is 6.42 Å². The minimum atomic E-state index is -3.89. The Hall–Kier alpha value is -1.01. The van der Waals surface area contributed by atoms with Crippen molar-refractivity contribution in [2.24, 2.45) is 0 Å². The second-order valence-electron chi connectivity index (χ2n) is 4.82. The Morgan fingerprint density at radius 2 is 1.43 bits per heavy atom. The maximum Gasteiger partial charge on any atom is 0.297 e. The van der Waals surface area contributed by atoms with Crippen LogP contribution in [0.5, 0.6) is 0 Å². The zero-order valence-electron chi connectivity index (χ0n) is 12.7. The van der Waals surface area contributed by atoms with Crippen molar-refractivity contribution < 1.29 is 17.3 Å². The predicted octanol–water partition coefficient (Wildman–Crippen LogP) is 4.44. The Labute approximate surface area is 127 Å². The van der Waals surface area contributed by atoms with E-state index in [0.717, 1.165) is 19.3 Å². The summed E-state index contributed by atoms with van der Waals surface area (Å²) >= 11 is 0. The fourth-order valence-corrected chi connectivity index (χ4v) is 2.38. The highest BCUT2D eigenvalue weighted by atomic mass is 32.2. The minimum Gasteiger partial charge on any atom is -0.265 e. The highest BCUT2D eigenvalue weighted by Gasteiger charge is 2.10. The summed E-state index contributed by atoms with van der Waals surface area (Å²) in [6.07, 6.45) is 11.9. The maximum absolute atomic E-state index is 11.4. The highest BCUT2D eigenvalue weighted by molar-refractivity contribution is 7.86. The maximum atomic E-state index is 11.4. The molecule has 0 N–H and O–H groups in total. The van der Waals surface area contributed by atoms with Crippen LogP contribution in [0.15, 0.2) is 30.6 Å². The van der Waals surface area contributed by atoms with Gasteiger partial charge in [0.25, 0.3) is 10.1 Å². The molecule has 122 valence electrons. The Bertz CT molecular complexity index is 385. The summed E-state index contributed by atoms with van der Waals surface area (Å²) in [5.74, 6) is -0.210. The van der Waals surface area contributed by atoms with Crippen LogP contribution in [0.1, 0.15) is 58.3 Å². The van der Waals surface area contributed by atoms with E-state index in [1.165, 1.54) is 25.7 Å². The van der Waals surface area contributed by atoms with Gasteiger partial charge in [0.1, 0.15) is 0 Å². The molecule has 0 aromatic carbocycles. The number of unbranched alkanes of at least 4 members (excludes halogenated alkanes) is 7. The van der Waals surface area contributed by atoms with Crippen molar-refractivity contribution in [1.82, 2.24) is 4.98 Å². The predicted molar refractivity (Wildman–Crippen MR) is 82.8 cm³/mol. The lowest BCUT2D eigenvalue weighted by atomic mass is 10.1. The van der Waals surface area contributed by atoms with Crippen molar-refractivity contribution in [3.05, 3.63) is 30.6 Å². The van der Waals surface area contributed by atoms with Crippen molar-refractivity contribution in [1.29, 1.82) is 0 Å². The molecular weight excluding hydrogens is 293 g/mol. The molecule has 0 aliphatic heterocycles. The van der Waals surface area contributed by atoms with Gasteiger partial charge >= 0.3 is 0 Å². The lowest BCUT2D eigenvalue weighted by molar-refractivity contribution is 0.00288. The summed E-state index contributed by atoms with van der Waals surface area (Å²) in [7, 11) is -3.89. The number of aromatic nitrogens is 1. The number of pyridine rings is 1. The summed E-state index contributed by atoms with van der Waals surface area (Å²) in [5, 5.41) is 0. The zero-order chi connectivity index (χ0) is 15.8. The third-order valence-electron chi connectivity index (χ3n) is 2.91. The third kappa shape index (κ3) is 15.2. The van der Waals surface area contributed by atoms with E-state index in [2.05, 4.69) is 16.3 Å². The molecule has 0 amide bonds. The molecule has 1 aromatic rings. The summed E-state index contributed by atoms with van der Waals surface area (Å²) in [6.45, 7) is 2.17. The van der Waals surface area contributed by atoms with E-state index in [1.54, 1.807) is 12.4 Å². The Kier molecular flexibility index (Phi) is 13.3. The lowest BCUT2D eigenvalue weighted by Gasteiger charge is -2.00. The smallest absolute Gasteiger partial charge is 0.265 e. The second-order valence-corrected chi connectivity index (χ2v) is 6.47. The summed E-state index contributed by atoms with van der Waals surface area (Å²) in [6, 6.07) is 5.72. The minimum absolute atomic E-state index is 0.210. The van der Waals surface area contributed by atoms with Gasteiger partial charge in [0.05, 0.1) is 5.75 Å². The molecule has 21 heavy (non-hydrogen) atoms. The molecule has 6 heteroatoms. The summed E-state index contributed by atoms with van der Waals surface area (Å²) in [4.78, 5) is 3.78. The third-order valence-corrected chi connectivity index (χ3v) is 3.89. The molecule has 0 aliphatic rings. The first kappa shape index (κ1) is 20.0. The van der Waals surface area contributed by atoms with Crippen LogP contribution in [0.4, 0.5) is 4.53 Å². The van der Waals surface area contributed by atoms with Gasteiger partial charge < -0.3 is 0 Å². The number of hydrogen-bond acceptors (Lipinski definition) is 4. The van der Waals surface area contributed by atoms with E-state index >= 15 is 0 Å². The first-order valence-corrected chi connectivity index (χ1v) is 9.08. The fourth-order valence-electron chi connectivity index (χ4n) is 1.76. The van der Waals surface area contributed by atoms with Crippen LogP contribution in [0.3, 0.4) is 0 Å². The first-order chi connectivity index (χ1) is 10.1. The Morgan fingerprint density at radius 3 is 1.81 bits per heavy atom. The largest absolute Gasteiger partial charge is 0.297 e. The number of hydrogen-bond donors (Lipinski definition) is 0. The SMILES string of the molecule is CCCCCCCCCCS(=O)(=O)OF.c1ccncc1. The molecule has 0 spiro atoms. The molecule has 0 radical (unpaired) electrons. The fraction of sp³-hybridized carbons (Fsp3) is 0.667. The molecule has 1 heterocycles. The van der Waals surface area contributed by atoms with E-state index in [4.69, 9.17) is 0 Å². The average molecular weight is 319 g/mol. The zero-order valence-corrected chi connectivity index (χ0v) is 13.5. The first-order valence-electron chi connectivity index (χ1n) is 7.50. The normalized spacial score (nSPS) is 10.8. The standard InChI is InChI=1S/C10H21FO3S.C5H5N/c1-2-3-4-5-6-7-8-9-10-15(12,13)14-11;1-2-4-6-5-3-1/h2-10H2,1H3;1-5H. The van der Waals surface area contributed by atoms with Gasteiger partial charge in [-0.3, -0.25) is 4.98 Å². The molecule has 4 nitrogen and oxygen atoms in total. The van der Waals surface area contributed by atoms with Crippen molar-refractivity contribution >= 4 is 10.1 Å². The second kappa shape index (κ2) is 13.9. The van der Waals surface area contributed by atoms with Crippen LogP contribution in [0, 0.1) is 0 Å². The summed E-state index contributed by atoms with van der Waals surface area (Å²) < 4.78 is 35.4. The Balaban J connectivity index is 0.000000547. The molecule has 0 saturated heterocycles. The number of rotatable bonds is 10. The molecule has 0 saturated carbocycles. The molecule has 0 atom stereocenters. The van der Waals surface area contributed by atoms with Crippen molar-refractivity contribution in [3.63, 3.8) is 0 Å². The van der Waals surface area contributed by atoms with E-state index in [1.807, 2.05) is 18.2 Å².